The second-order valence-corrected chi connectivity index (χ2v) is 8.29. The quantitative estimate of drug-likeness (QED) is 0.870. The van der Waals surface area contributed by atoms with Crippen molar-refractivity contribution in [2.75, 3.05) is 24.6 Å². The number of sulfone groups is 1. The zero-order chi connectivity index (χ0) is 15.7. The van der Waals surface area contributed by atoms with Crippen LogP contribution in [-0.2, 0) is 9.84 Å². The first kappa shape index (κ1) is 15.4. The monoisotopic (exact) mass is 323 g/mol. The first-order valence-corrected chi connectivity index (χ1v) is 9.46. The zero-order valence-electron chi connectivity index (χ0n) is 12.7. The summed E-state index contributed by atoms with van der Waals surface area (Å²) in [5, 5.41) is 2.88. The summed E-state index contributed by atoms with van der Waals surface area (Å²) < 4.78 is 24.0. The van der Waals surface area contributed by atoms with Gasteiger partial charge >= 0.3 is 0 Å². The molecule has 0 radical (unpaired) electrons. The van der Waals surface area contributed by atoms with Gasteiger partial charge in [-0.05, 0) is 45.0 Å². The molecule has 6 nitrogen and oxygen atoms in total. The van der Waals surface area contributed by atoms with Crippen LogP contribution >= 0.6 is 0 Å². The molecule has 1 aromatic rings. The molecular weight excluding hydrogens is 302 g/mol. The van der Waals surface area contributed by atoms with E-state index in [1.54, 1.807) is 12.1 Å². The second-order valence-electron chi connectivity index (χ2n) is 6.13. The van der Waals surface area contributed by atoms with Crippen molar-refractivity contribution in [2.45, 2.75) is 31.8 Å². The summed E-state index contributed by atoms with van der Waals surface area (Å²) in [6.45, 7) is 3.65. The minimum absolute atomic E-state index is 0.0196. The Morgan fingerprint density at radius 2 is 2.00 bits per heavy atom. The van der Waals surface area contributed by atoms with Gasteiger partial charge in [0.15, 0.2) is 9.84 Å². The second kappa shape index (κ2) is 5.96. The highest BCUT2D eigenvalue weighted by Crippen LogP contribution is 2.22. The molecule has 1 amide bonds. The van der Waals surface area contributed by atoms with E-state index in [0.717, 1.165) is 31.6 Å². The van der Waals surface area contributed by atoms with E-state index in [9.17, 15) is 13.2 Å². The number of nitrogens with zero attached hydrogens (tertiary/aromatic N) is 2. The topological polar surface area (TPSA) is 79.4 Å². The molecule has 3 rings (SSSR count). The molecule has 3 heterocycles. The average Bonchev–Trinajstić information content (AvgIpc) is 3.06. The van der Waals surface area contributed by atoms with Crippen molar-refractivity contribution in [3.63, 3.8) is 0 Å². The standard InChI is InChI=1S/C15H21N3O3S/c1-11-5-4-6-12(16-11)15(19)17-13-9-22(20,21)10-14(13)18-7-2-3-8-18/h4-6,13-14H,2-3,7-10H2,1H3,(H,17,19)/t13-,14-/m0/s1. The number of carbonyl (C=O) groups is 1. The number of pyridine rings is 1. The molecule has 2 aliphatic heterocycles. The van der Waals surface area contributed by atoms with Gasteiger partial charge in [-0.1, -0.05) is 6.07 Å². The van der Waals surface area contributed by atoms with Crippen molar-refractivity contribution in [3.05, 3.63) is 29.6 Å². The van der Waals surface area contributed by atoms with E-state index in [2.05, 4.69) is 15.2 Å². The molecule has 0 unspecified atom stereocenters. The minimum Gasteiger partial charge on any atom is -0.345 e. The largest absolute Gasteiger partial charge is 0.345 e. The van der Waals surface area contributed by atoms with E-state index in [0.29, 0.717) is 5.69 Å². The third-order valence-corrected chi connectivity index (χ3v) is 6.09. The first-order chi connectivity index (χ1) is 10.4. The van der Waals surface area contributed by atoms with Crippen LogP contribution in [0.5, 0.6) is 0 Å². The third kappa shape index (κ3) is 3.30. The van der Waals surface area contributed by atoms with Gasteiger partial charge in [0.2, 0.25) is 0 Å². The number of likely N-dealkylation sites (tertiary alicyclic amines) is 1. The highest BCUT2D eigenvalue weighted by atomic mass is 32.2. The fourth-order valence-electron chi connectivity index (χ4n) is 3.31. The molecule has 22 heavy (non-hydrogen) atoms. The van der Waals surface area contributed by atoms with Gasteiger partial charge in [0, 0.05) is 11.7 Å². The lowest BCUT2D eigenvalue weighted by atomic mass is 10.1. The van der Waals surface area contributed by atoms with Crippen LogP contribution in [0, 0.1) is 6.92 Å². The molecule has 0 aliphatic carbocycles. The molecule has 2 fully saturated rings. The van der Waals surface area contributed by atoms with Crippen molar-refractivity contribution in [1.82, 2.24) is 15.2 Å². The lowest BCUT2D eigenvalue weighted by Crippen LogP contribution is -2.50. The SMILES string of the molecule is Cc1cccc(C(=O)N[C@H]2CS(=O)(=O)C[C@@H]2N2CCCC2)n1. The molecule has 2 saturated heterocycles. The van der Waals surface area contributed by atoms with Crippen LogP contribution in [0.15, 0.2) is 18.2 Å². The number of amides is 1. The normalized spacial score (nSPS) is 27.9. The summed E-state index contributed by atoms with van der Waals surface area (Å²) in [5.41, 5.74) is 1.10. The Hall–Kier alpha value is -1.47. The fourth-order valence-corrected chi connectivity index (χ4v) is 5.26. The molecule has 0 aromatic carbocycles. The summed E-state index contributed by atoms with van der Waals surface area (Å²) in [7, 11) is -3.09. The molecule has 2 atom stereocenters. The fraction of sp³-hybridized carbons (Fsp3) is 0.600. The minimum atomic E-state index is -3.09. The van der Waals surface area contributed by atoms with E-state index in [1.165, 1.54) is 0 Å². The van der Waals surface area contributed by atoms with Gasteiger partial charge in [-0.2, -0.15) is 0 Å². The maximum atomic E-state index is 12.3. The van der Waals surface area contributed by atoms with E-state index in [-0.39, 0.29) is 29.5 Å². The van der Waals surface area contributed by atoms with Crippen LogP contribution in [0.25, 0.3) is 0 Å². The molecule has 0 spiro atoms. The molecule has 1 N–H and O–H groups in total. The molecule has 7 heteroatoms. The van der Waals surface area contributed by atoms with Crippen molar-refractivity contribution in [1.29, 1.82) is 0 Å². The number of aromatic nitrogens is 1. The molecule has 1 aromatic heterocycles. The first-order valence-electron chi connectivity index (χ1n) is 7.64. The van der Waals surface area contributed by atoms with Crippen molar-refractivity contribution < 1.29 is 13.2 Å². The Balaban J connectivity index is 1.75. The maximum absolute atomic E-state index is 12.3. The van der Waals surface area contributed by atoms with Crippen LogP contribution in [0.2, 0.25) is 0 Å². The smallest absolute Gasteiger partial charge is 0.270 e. The Labute approximate surface area is 130 Å². The van der Waals surface area contributed by atoms with E-state index in [1.807, 2.05) is 13.0 Å². The number of carbonyl (C=O) groups excluding carboxylic acids is 1. The van der Waals surface area contributed by atoms with Gasteiger partial charge in [-0.3, -0.25) is 9.69 Å². The highest BCUT2D eigenvalue weighted by Gasteiger charge is 2.42. The van der Waals surface area contributed by atoms with Gasteiger partial charge in [-0.15, -0.1) is 0 Å². The van der Waals surface area contributed by atoms with Crippen LogP contribution in [0.4, 0.5) is 0 Å². The lowest BCUT2D eigenvalue weighted by Gasteiger charge is -2.28. The highest BCUT2D eigenvalue weighted by molar-refractivity contribution is 7.91. The summed E-state index contributed by atoms with van der Waals surface area (Å²) in [6.07, 6.45) is 2.19. The van der Waals surface area contributed by atoms with Crippen molar-refractivity contribution in [2.24, 2.45) is 0 Å². The number of nitrogens with one attached hydrogen (secondary N) is 1. The molecule has 0 saturated carbocycles. The maximum Gasteiger partial charge on any atom is 0.270 e. The Bertz CT molecular complexity index is 668. The van der Waals surface area contributed by atoms with Gasteiger partial charge in [0.1, 0.15) is 5.69 Å². The number of hydrogen-bond donors (Lipinski definition) is 1. The van der Waals surface area contributed by atoms with Gasteiger partial charge < -0.3 is 5.32 Å². The van der Waals surface area contributed by atoms with Crippen molar-refractivity contribution >= 4 is 15.7 Å². The average molecular weight is 323 g/mol. The van der Waals surface area contributed by atoms with Gasteiger partial charge in [-0.25, -0.2) is 13.4 Å². The van der Waals surface area contributed by atoms with Gasteiger partial charge in [0.25, 0.3) is 5.91 Å². The zero-order valence-corrected chi connectivity index (χ0v) is 13.5. The van der Waals surface area contributed by atoms with Crippen LogP contribution < -0.4 is 5.32 Å². The Kier molecular flexibility index (Phi) is 4.18. The van der Waals surface area contributed by atoms with E-state index in [4.69, 9.17) is 0 Å². The van der Waals surface area contributed by atoms with Crippen molar-refractivity contribution in [3.8, 4) is 0 Å². The summed E-state index contributed by atoms with van der Waals surface area (Å²) in [6, 6.07) is 4.79. The molecular formula is C15H21N3O3S. The Morgan fingerprint density at radius 3 is 2.68 bits per heavy atom. The number of aryl methyl sites for hydroxylation is 1. The van der Waals surface area contributed by atoms with Crippen LogP contribution in [-0.4, -0.2) is 60.9 Å². The molecule has 120 valence electrons. The Morgan fingerprint density at radius 1 is 1.27 bits per heavy atom. The van der Waals surface area contributed by atoms with Crippen LogP contribution in [0.3, 0.4) is 0 Å². The number of hydrogen-bond acceptors (Lipinski definition) is 5. The van der Waals surface area contributed by atoms with E-state index < -0.39 is 9.84 Å². The van der Waals surface area contributed by atoms with E-state index >= 15 is 0 Å². The molecule has 2 aliphatic rings. The molecule has 0 bridgehead atoms. The van der Waals surface area contributed by atoms with Crippen LogP contribution in [0.1, 0.15) is 29.0 Å². The predicted molar refractivity (Wildman–Crippen MR) is 83.5 cm³/mol. The predicted octanol–water partition coefficient (Wildman–Crippen LogP) is 0.381. The summed E-state index contributed by atoms with van der Waals surface area (Å²) >= 11 is 0. The summed E-state index contributed by atoms with van der Waals surface area (Å²) in [5.74, 6) is -0.139. The number of rotatable bonds is 3. The summed E-state index contributed by atoms with van der Waals surface area (Å²) in [4.78, 5) is 18.7. The lowest BCUT2D eigenvalue weighted by molar-refractivity contribution is 0.0913. The van der Waals surface area contributed by atoms with Gasteiger partial charge in [0.05, 0.1) is 17.5 Å². The third-order valence-electron chi connectivity index (χ3n) is 4.37.